The minimum Gasteiger partial charge on any atom is -0.496 e. The highest BCUT2D eigenvalue weighted by Gasteiger charge is 2.12. The normalized spacial score (nSPS) is 11.1. The Morgan fingerprint density at radius 2 is 2.05 bits per heavy atom. The van der Waals surface area contributed by atoms with Crippen LogP contribution in [0.5, 0.6) is 5.75 Å². The third-order valence-electron chi connectivity index (χ3n) is 3.35. The van der Waals surface area contributed by atoms with Crippen molar-refractivity contribution in [1.82, 2.24) is 9.88 Å². The number of alkyl halides is 1. The molecule has 0 fully saturated rings. The highest BCUT2D eigenvalue weighted by molar-refractivity contribution is 9.09. The second kappa shape index (κ2) is 8.54. The van der Waals surface area contributed by atoms with Crippen molar-refractivity contribution in [2.45, 2.75) is 40.2 Å². The molecular weight excluding hydrogens is 304 g/mol. The summed E-state index contributed by atoms with van der Waals surface area (Å²) in [6.45, 7) is 9.44. The van der Waals surface area contributed by atoms with Crippen molar-refractivity contribution in [2.24, 2.45) is 0 Å². The van der Waals surface area contributed by atoms with Crippen LogP contribution in [0.3, 0.4) is 0 Å². The molecule has 3 nitrogen and oxygen atoms in total. The smallest absolute Gasteiger partial charge is 0.128 e. The molecule has 0 N–H and O–H groups in total. The molecule has 0 bridgehead atoms. The standard InChI is InChI=1S/C15H25BrN2O/c1-5-6-8-18(9-7-16)11-14-13(3)15(19-4)12(2)10-17-14/h10H,5-9,11H2,1-4H3. The first-order valence-electron chi connectivity index (χ1n) is 6.91. The number of methoxy groups -OCH3 is 1. The first-order valence-corrected chi connectivity index (χ1v) is 8.03. The molecule has 4 heteroatoms. The summed E-state index contributed by atoms with van der Waals surface area (Å²) in [6.07, 6.45) is 4.37. The second-order valence-electron chi connectivity index (χ2n) is 4.86. The average molecular weight is 329 g/mol. The summed E-state index contributed by atoms with van der Waals surface area (Å²) in [5.41, 5.74) is 3.39. The number of unbranched alkanes of at least 4 members (excludes halogenated alkanes) is 1. The minimum atomic E-state index is 0.897. The maximum Gasteiger partial charge on any atom is 0.128 e. The first kappa shape index (κ1) is 16.4. The Kier molecular flexibility index (Phi) is 7.39. The molecule has 0 aromatic carbocycles. The Hall–Kier alpha value is -0.610. The number of pyridine rings is 1. The van der Waals surface area contributed by atoms with Crippen LogP contribution < -0.4 is 4.74 Å². The Morgan fingerprint density at radius 1 is 1.32 bits per heavy atom. The van der Waals surface area contributed by atoms with E-state index in [0.29, 0.717) is 0 Å². The quantitative estimate of drug-likeness (QED) is 0.680. The van der Waals surface area contributed by atoms with Crippen LogP contribution in [0.1, 0.15) is 36.6 Å². The van der Waals surface area contributed by atoms with Gasteiger partial charge in [-0.25, -0.2) is 0 Å². The SMILES string of the molecule is CCCCN(CCBr)Cc1ncc(C)c(OC)c1C. The zero-order valence-corrected chi connectivity index (χ0v) is 14.1. The molecule has 0 saturated heterocycles. The molecule has 1 aromatic rings. The van der Waals surface area contributed by atoms with Crippen molar-refractivity contribution in [1.29, 1.82) is 0 Å². The molecule has 0 unspecified atom stereocenters. The highest BCUT2D eigenvalue weighted by Crippen LogP contribution is 2.24. The van der Waals surface area contributed by atoms with Crippen molar-refractivity contribution in [2.75, 3.05) is 25.5 Å². The van der Waals surface area contributed by atoms with Gasteiger partial charge in [-0.05, 0) is 26.8 Å². The first-order chi connectivity index (χ1) is 9.13. The molecule has 0 atom stereocenters. The van der Waals surface area contributed by atoms with Gasteiger partial charge in [-0.15, -0.1) is 0 Å². The monoisotopic (exact) mass is 328 g/mol. The third kappa shape index (κ3) is 4.77. The summed E-state index contributed by atoms with van der Waals surface area (Å²) < 4.78 is 5.47. The van der Waals surface area contributed by atoms with Crippen molar-refractivity contribution in [3.05, 3.63) is 23.0 Å². The number of hydrogen-bond acceptors (Lipinski definition) is 3. The van der Waals surface area contributed by atoms with E-state index in [-0.39, 0.29) is 0 Å². The molecule has 0 saturated carbocycles. The summed E-state index contributed by atoms with van der Waals surface area (Å²) in [4.78, 5) is 7.03. The number of halogens is 1. The van der Waals surface area contributed by atoms with Gasteiger partial charge in [-0.3, -0.25) is 9.88 Å². The highest BCUT2D eigenvalue weighted by atomic mass is 79.9. The molecule has 0 radical (unpaired) electrons. The predicted octanol–water partition coefficient (Wildman–Crippen LogP) is 3.70. The number of nitrogens with zero attached hydrogens (tertiary/aromatic N) is 2. The number of aryl methyl sites for hydroxylation is 1. The van der Waals surface area contributed by atoms with Crippen LogP contribution >= 0.6 is 15.9 Å². The lowest BCUT2D eigenvalue weighted by molar-refractivity contribution is 0.273. The second-order valence-corrected chi connectivity index (χ2v) is 5.66. The lowest BCUT2D eigenvalue weighted by atomic mass is 10.1. The lowest BCUT2D eigenvalue weighted by Crippen LogP contribution is -2.27. The van der Waals surface area contributed by atoms with Gasteiger partial charge in [-0.1, -0.05) is 29.3 Å². The van der Waals surface area contributed by atoms with Gasteiger partial charge in [0.2, 0.25) is 0 Å². The fraction of sp³-hybridized carbons (Fsp3) is 0.667. The molecule has 0 spiro atoms. The Morgan fingerprint density at radius 3 is 2.63 bits per heavy atom. The minimum absolute atomic E-state index is 0.897. The predicted molar refractivity (Wildman–Crippen MR) is 84.2 cm³/mol. The van der Waals surface area contributed by atoms with Crippen molar-refractivity contribution >= 4 is 15.9 Å². The Labute approximate surface area is 125 Å². The number of ether oxygens (including phenoxy) is 1. The van der Waals surface area contributed by atoms with Gasteiger partial charge in [0.25, 0.3) is 0 Å². The van der Waals surface area contributed by atoms with Crippen LogP contribution in [0.2, 0.25) is 0 Å². The fourth-order valence-electron chi connectivity index (χ4n) is 2.21. The van der Waals surface area contributed by atoms with E-state index in [1.807, 2.05) is 13.1 Å². The van der Waals surface area contributed by atoms with E-state index >= 15 is 0 Å². The molecule has 108 valence electrons. The van der Waals surface area contributed by atoms with E-state index in [9.17, 15) is 0 Å². The van der Waals surface area contributed by atoms with Gasteiger partial charge in [0.05, 0.1) is 12.8 Å². The zero-order chi connectivity index (χ0) is 14.3. The Bertz CT molecular complexity index is 396. The van der Waals surface area contributed by atoms with Crippen LogP contribution in [0, 0.1) is 13.8 Å². The number of rotatable bonds is 8. The topological polar surface area (TPSA) is 25.4 Å². The van der Waals surface area contributed by atoms with Crippen LogP contribution in [-0.4, -0.2) is 35.4 Å². The number of aromatic nitrogens is 1. The Balaban J connectivity index is 2.83. The maximum absolute atomic E-state index is 5.47. The summed E-state index contributed by atoms with van der Waals surface area (Å²) in [5.74, 6) is 0.972. The lowest BCUT2D eigenvalue weighted by Gasteiger charge is -2.22. The fourth-order valence-corrected chi connectivity index (χ4v) is 2.71. The van der Waals surface area contributed by atoms with Crippen molar-refractivity contribution in [3.8, 4) is 5.75 Å². The van der Waals surface area contributed by atoms with Crippen molar-refractivity contribution in [3.63, 3.8) is 0 Å². The van der Waals surface area contributed by atoms with Gasteiger partial charge in [0.15, 0.2) is 0 Å². The molecule has 19 heavy (non-hydrogen) atoms. The third-order valence-corrected chi connectivity index (χ3v) is 3.71. The largest absolute Gasteiger partial charge is 0.496 e. The summed E-state index contributed by atoms with van der Waals surface area (Å²) in [5, 5.41) is 0.999. The molecule has 1 rings (SSSR count). The average Bonchev–Trinajstić information content (AvgIpc) is 2.40. The van der Waals surface area contributed by atoms with Crippen LogP contribution in [0.25, 0.3) is 0 Å². The zero-order valence-electron chi connectivity index (χ0n) is 12.5. The van der Waals surface area contributed by atoms with E-state index in [1.165, 1.54) is 18.4 Å². The van der Waals surface area contributed by atoms with E-state index in [4.69, 9.17) is 4.74 Å². The summed E-state index contributed by atoms with van der Waals surface area (Å²) >= 11 is 3.53. The van der Waals surface area contributed by atoms with E-state index < -0.39 is 0 Å². The molecule has 0 amide bonds. The van der Waals surface area contributed by atoms with Crippen LogP contribution in [0.15, 0.2) is 6.20 Å². The molecule has 0 aliphatic carbocycles. The number of hydrogen-bond donors (Lipinski definition) is 0. The van der Waals surface area contributed by atoms with Gasteiger partial charge in [0.1, 0.15) is 5.75 Å². The van der Waals surface area contributed by atoms with Crippen molar-refractivity contribution < 1.29 is 4.74 Å². The van der Waals surface area contributed by atoms with Crippen LogP contribution in [-0.2, 0) is 6.54 Å². The van der Waals surface area contributed by atoms with E-state index in [1.54, 1.807) is 7.11 Å². The van der Waals surface area contributed by atoms with E-state index in [2.05, 4.69) is 39.7 Å². The molecule has 0 aliphatic heterocycles. The van der Waals surface area contributed by atoms with Gasteiger partial charge < -0.3 is 4.74 Å². The van der Waals surface area contributed by atoms with Gasteiger partial charge in [-0.2, -0.15) is 0 Å². The summed E-state index contributed by atoms with van der Waals surface area (Å²) in [6, 6.07) is 0. The molecule has 0 aliphatic rings. The maximum atomic E-state index is 5.47. The molecule has 1 heterocycles. The molecular formula is C15H25BrN2O. The molecule has 1 aromatic heterocycles. The van der Waals surface area contributed by atoms with Gasteiger partial charge in [0, 0.05) is 35.7 Å². The van der Waals surface area contributed by atoms with Gasteiger partial charge >= 0.3 is 0 Å². The van der Waals surface area contributed by atoms with Crippen LogP contribution in [0.4, 0.5) is 0 Å². The summed E-state index contributed by atoms with van der Waals surface area (Å²) in [7, 11) is 1.73. The van der Waals surface area contributed by atoms with E-state index in [0.717, 1.165) is 42.0 Å².